The molecule has 2 atom stereocenters. The normalized spacial score (nSPS) is 15.4. The van der Waals surface area contributed by atoms with E-state index < -0.39 is 0 Å². The average Bonchev–Trinajstić information content (AvgIpc) is 2.20. The van der Waals surface area contributed by atoms with Crippen molar-refractivity contribution in [2.45, 2.75) is 50.1 Å². The lowest BCUT2D eigenvalue weighted by molar-refractivity contribution is 0.910. The summed E-state index contributed by atoms with van der Waals surface area (Å²) in [5.41, 5.74) is 11.0. The summed E-state index contributed by atoms with van der Waals surface area (Å²) in [7, 11) is -0.773. The molecule has 4 N–H and O–H groups in total. The minimum absolute atomic E-state index is 0.386. The monoisotopic (exact) mass is 232 g/mol. The standard InChI is InChI=1S/C10H28N2Si2/c1-13(7-3-5-11)9-10-14(2)8-4-6-12/h13-14H,3-12H2,1-2H3. The maximum atomic E-state index is 5.52. The second-order valence-electron chi connectivity index (χ2n) is 4.65. The Balaban J connectivity index is 3.31. The van der Waals surface area contributed by atoms with Crippen molar-refractivity contribution in [3.05, 3.63) is 0 Å². The van der Waals surface area contributed by atoms with Crippen molar-refractivity contribution in [3.63, 3.8) is 0 Å². The van der Waals surface area contributed by atoms with Crippen LogP contribution in [0.3, 0.4) is 0 Å². The third kappa shape index (κ3) is 8.93. The van der Waals surface area contributed by atoms with E-state index in [0.717, 1.165) is 13.1 Å². The van der Waals surface area contributed by atoms with E-state index in [0.29, 0.717) is 0 Å². The highest BCUT2D eigenvalue weighted by atomic mass is 28.3. The quantitative estimate of drug-likeness (QED) is 0.591. The van der Waals surface area contributed by atoms with Gasteiger partial charge in [0.25, 0.3) is 0 Å². The van der Waals surface area contributed by atoms with Crippen LogP contribution in [0.15, 0.2) is 0 Å². The second kappa shape index (κ2) is 9.89. The molecule has 0 fully saturated rings. The molecule has 0 saturated carbocycles. The first kappa shape index (κ1) is 14.4. The smallest absolute Gasteiger partial charge is 0.0334 e. The maximum absolute atomic E-state index is 5.52. The van der Waals surface area contributed by atoms with Gasteiger partial charge >= 0.3 is 0 Å². The van der Waals surface area contributed by atoms with Crippen molar-refractivity contribution >= 4 is 17.6 Å². The molecule has 2 nitrogen and oxygen atoms in total. The van der Waals surface area contributed by atoms with Crippen molar-refractivity contribution in [3.8, 4) is 0 Å². The Kier molecular flexibility index (Phi) is 10.1. The zero-order valence-electron chi connectivity index (χ0n) is 9.97. The van der Waals surface area contributed by atoms with Crippen LogP contribution in [0.2, 0.25) is 37.3 Å². The van der Waals surface area contributed by atoms with E-state index in [1.165, 1.54) is 24.9 Å². The van der Waals surface area contributed by atoms with Crippen molar-refractivity contribution in [2.75, 3.05) is 13.1 Å². The van der Waals surface area contributed by atoms with Crippen LogP contribution in [-0.2, 0) is 0 Å². The van der Waals surface area contributed by atoms with Gasteiger partial charge in [-0.05, 0) is 25.9 Å². The molecule has 0 saturated heterocycles. The summed E-state index contributed by atoms with van der Waals surface area (Å²) in [5.74, 6) is 0. The molecule has 0 amide bonds. The largest absolute Gasteiger partial charge is 0.330 e. The fourth-order valence-corrected chi connectivity index (χ4v) is 8.79. The molecule has 14 heavy (non-hydrogen) atoms. The molecule has 86 valence electrons. The van der Waals surface area contributed by atoms with Gasteiger partial charge in [0.05, 0.1) is 0 Å². The molecule has 0 bridgehead atoms. The number of hydrogen-bond acceptors (Lipinski definition) is 2. The van der Waals surface area contributed by atoms with E-state index in [9.17, 15) is 0 Å². The Morgan fingerprint density at radius 1 is 0.714 bits per heavy atom. The van der Waals surface area contributed by atoms with Crippen LogP contribution in [0.5, 0.6) is 0 Å². The van der Waals surface area contributed by atoms with Crippen LogP contribution in [0, 0.1) is 0 Å². The Morgan fingerprint density at radius 3 is 1.36 bits per heavy atom. The number of nitrogens with two attached hydrogens (primary N) is 2. The average molecular weight is 233 g/mol. The van der Waals surface area contributed by atoms with Crippen LogP contribution >= 0.6 is 0 Å². The third-order valence-electron chi connectivity index (χ3n) is 2.95. The van der Waals surface area contributed by atoms with Crippen molar-refractivity contribution in [1.29, 1.82) is 0 Å². The Morgan fingerprint density at radius 2 is 1.07 bits per heavy atom. The van der Waals surface area contributed by atoms with E-state index in [4.69, 9.17) is 11.5 Å². The predicted molar refractivity (Wildman–Crippen MR) is 72.6 cm³/mol. The van der Waals surface area contributed by atoms with Crippen LogP contribution in [0.1, 0.15) is 12.8 Å². The summed E-state index contributed by atoms with van der Waals surface area (Å²) in [6.07, 6.45) is 2.51. The molecule has 0 aliphatic rings. The first-order chi connectivity index (χ1) is 6.70. The highest BCUT2D eigenvalue weighted by Crippen LogP contribution is 2.11. The Labute approximate surface area is 92.7 Å². The zero-order chi connectivity index (χ0) is 10.8. The summed E-state index contributed by atoms with van der Waals surface area (Å²) in [6.45, 7) is 6.77. The minimum atomic E-state index is -0.386. The van der Waals surface area contributed by atoms with E-state index in [1.807, 2.05) is 0 Å². The first-order valence-electron chi connectivity index (χ1n) is 6.10. The molecule has 0 aromatic rings. The fraction of sp³-hybridized carbons (Fsp3) is 1.00. The van der Waals surface area contributed by atoms with Gasteiger partial charge in [0.15, 0.2) is 0 Å². The lowest BCUT2D eigenvalue weighted by Crippen LogP contribution is -2.15. The van der Waals surface area contributed by atoms with Crippen molar-refractivity contribution in [2.24, 2.45) is 11.5 Å². The summed E-state index contributed by atoms with van der Waals surface area (Å²) >= 11 is 0. The molecule has 0 heterocycles. The van der Waals surface area contributed by atoms with Crippen LogP contribution in [0.4, 0.5) is 0 Å². The van der Waals surface area contributed by atoms with Gasteiger partial charge in [-0.3, -0.25) is 0 Å². The second-order valence-corrected chi connectivity index (χ2v) is 11.4. The molecular weight excluding hydrogens is 204 g/mol. The molecule has 0 spiro atoms. The van der Waals surface area contributed by atoms with Crippen molar-refractivity contribution in [1.82, 2.24) is 0 Å². The van der Waals surface area contributed by atoms with E-state index >= 15 is 0 Å². The fourth-order valence-electron chi connectivity index (χ4n) is 1.79. The number of hydrogen-bond donors (Lipinski definition) is 2. The summed E-state index contributed by atoms with van der Waals surface area (Å²) in [4.78, 5) is 0. The molecule has 0 aromatic carbocycles. The summed E-state index contributed by atoms with van der Waals surface area (Å²) < 4.78 is 0. The molecule has 0 aliphatic carbocycles. The highest BCUT2D eigenvalue weighted by Gasteiger charge is 2.08. The zero-order valence-corrected chi connectivity index (χ0v) is 12.3. The topological polar surface area (TPSA) is 52.0 Å². The van der Waals surface area contributed by atoms with Crippen LogP contribution in [-0.4, -0.2) is 30.7 Å². The summed E-state index contributed by atoms with van der Waals surface area (Å²) in [5, 5.41) is 0. The molecular formula is C10H28N2Si2. The molecule has 0 aliphatic heterocycles. The van der Waals surface area contributed by atoms with E-state index in [-0.39, 0.29) is 17.6 Å². The molecule has 0 radical (unpaired) electrons. The van der Waals surface area contributed by atoms with Gasteiger partial charge < -0.3 is 11.5 Å². The van der Waals surface area contributed by atoms with Gasteiger partial charge in [0.2, 0.25) is 0 Å². The van der Waals surface area contributed by atoms with E-state index in [1.54, 1.807) is 12.1 Å². The molecule has 0 rings (SSSR count). The van der Waals surface area contributed by atoms with Gasteiger partial charge in [-0.15, -0.1) is 0 Å². The van der Waals surface area contributed by atoms with Gasteiger partial charge in [0, 0.05) is 17.6 Å². The van der Waals surface area contributed by atoms with E-state index in [2.05, 4.69) is 13.1 Å². The lowest BCUT2D eigenvalue weighted by atomic mass is 10.5. The summed E-state index contributed by atoms with van der Waals surface area (Å²) in [6, 6.07) is 6.01. The van der Waals surface area contributed by atoms with Crippen molar-refractivity contribution < 1.29 is 0 Å². The van der Waals surface area contributed by atoms with Crippen LogP contribution in [0.25, 0.3) is 0 Å². The Hall–Kier alpha value is 0.354. The highest BCUT2D eigenvalue weighted by molar-refractivity contribution is 6.63. The predicted octanol–water partition coefficient (Wildman–Crippen LogP) is 1.40. The van der Waals surface area contributed by atoms with Gasteiger partial charge in [-0.2, -0.15) is 0 Å². The molecule has 0 aromatic heterocycles. The Bertz CT molecular complexity index is 109. The van der Waals surface area contributed by atoms with Gasteiger partial charge in [0.1, 0.15) is 0 Å². The SMILES string of the molecule is C[SiH](CCCN)CC[SiH](C)CCCN. The molecule has 4 heteroatoms. The first-order valence-corrected chi connectivity index (χ1v) is 11.7. The van der Waals surface area contributed by atoms with Crippen LogP contribution < -0.4 is 11.5 Å². The molecule has 2 unspecified atom stereocenters. The lowest BCUT2D eigenvalue weighted by Gasteiger charge is -2.12. The third-order valence-corrected chi connectivity index (χ3v) is 9.05. The van der Waals surface area contributed by atoms with Gasteiger partial charge in [-0.25, -0.2) is 0 Å². The number of rotatable bonds is 9. The minimum Gasteiger partial charge on any atom is -0.330 e. The maximum Gasteiger partial charge on any atom is 0.0334 e. The van der Waals surface area contributed by atoms with Gasteiger partial charge in [-0.1, -0.05) is 37.3 Å².